The summed E-state index contributed by atoms with van der Waals surface area (Å²) >= 11 is 0. The number of likely N-dealkylation sites (tertiary alicyclic amines) is 1. The first-order valence-electron chi connectivity index (χ1n) is 11.8. The first kappa shape index (κ1) is 22.1. The van der Waals surface area contributed by atoms with Gasteiger partial charge in [0, 0.05) is 31.0 Å². The van der Waals surface area contributed by atoms with Gasteiger partial charge in [0.1, 0.15) is 5.75 Å². The Balaban J connectivity index is 1.21. The Morgan fingerprint density at radius 2 is 2.03 bits per heavy atom. The Bertz CT molecular complexity index is 1210. The molecule has 1 N–H and O–H groups in total. The van der Waals surface area contributed by atoms with Gasteiger partial charge in [-0.25, -0.2) is 14.8 Å². The van der Waals surface area contributed by atoms with Crippen molar-refractivity contribution >= 4 is 18.0 Å². The van der Waals surface area contributed by atoms with E-state index >= 15 is 0 Å². The van der Waals surface area contributed by atoms with Crippen molar-refractivity contribution in [1.29, 1.82) is 0 Å². The molecule has 2 fully saturated rings. The number of ether oxygens (including phenoxy) is 1. The maximum Gasteiger partial charge on any atom is 0.324 e. The van der Waals surface area contributed by atoms with Gasteiger partial charge in [0.15, 0.2) is 0 Å². The Labute approximate surface area is 199 Å². The lowest BCUT2D eigenvalue weighted by Crippen LogP contribution is -2.42. The lowest BCUT2D eigenvalue weighted by atomic mass is 9.91. The molecule has 2 amide bonds. The Morgan fingerprint density at radius 3 is 2.71 bits per heavy atom. The van der Waals surface area contributed by atoms with Gasteiger partial charge in [0.05, 0.1) is 5.69 Å². The van der Waals surface area contributed by atoms with Crippen molar-refractivity contribution in [2.45, 2.75) is 46.0 Å². The highest BCUT2D eigenvalue weighted by atomic mass is 16.5. The molecule has 1 aliphatic carbocycles. The Kier molecular flexibility index (Phi) is 6.04. The summed E-state index contributed by atoms with van der Waals surface area (Å²) in [6, 6.07) is 8.12. The number of hydrogen-bond donors (Lipinski definition) is 1. The SMILES string of the molecule is Cc1noc(NC(=O)N2CC/C(=C\c3cccc(Oc4ncc(C5CC5)cn4)c3)C(C)C2)c1C. The van der Waals surface area contributed by atoms with Crippen molar-refractivity contribution in [1.82, 2.24) is 20.0 Å². The zero-order valence-electron chi connectivity index (χ0n) is 19.7. The maximum atomic E-state index is 12.7. The number of hydrogen-bond acceptors (Lipinski definition) is 6. The fourth-order valence-corrected chi connectivity index (χ4v) is 4.15. The molecule has 1 aliphatic heterocycles. The molecule has 1 saturated carbocycles. The van der Waals surface area contributed by atoms with Gasteiger partial charge >= 0.3 is 12.0 Å². The van der Waals surface area contributed by atoms with Crippen molar-refractivity contribution in [3.8, 4) is 11.8 Å². The van der Waals surface area contributed by atoms with Crippen molar-refractivity contribution < 1.29 is 14.1 Å². The summed E-state index contributed by atoms with van der Waals surface area (Å²) in [5.74, 6) is 1.98. The number of carbonyl (C=O) groups excluding carboxylic acids is 1. The number of aromatic nitrogens is 3. The fourth-order valence-electron chi connectivity index (χ4n) is 4.15. The minimum absolute atomic E-state index is 0.159. The molecule has 5 rings (SSSR count). The van der Waals surface area contributed by atoms with E-state index in [4.69, 9.17) is 9.26 Å². The molecule has 176 valence electrons. The second kappa shape index (κ2) is 9.29. The molecule has 3 heterocycles. The first-order chi connectivity index (χ1) is 16.5. The van der Waals surface area contributed by atoms with E-state index in [0.29, 0.717) is 36.7 Å². The van der Waals surface area contributed by atoms with Crippen LogP contribution in [0.3, 0.4) is 0 Å². The van der Waals surface area contributed by atoms with Crippen LogP contribution in [0.4, 0.5) is 10.7 Å². The molecule has 2 aliphatic rings. The normalized spacial score (nSPS) is 19.3. The quantitative estimate of drug-likeness (QED) is 0.525. The minimum Gasteiger partial charge on any atom is -0.424 e. The van der Waals surface area contributed by atoms with Crippen LogP contribution in [0.25, 0.3) is 6.08 Å². The third-order valence-electron chi connectivity index (χ3n) is 6.58. The van der Waals surface area contributed by atoms with Crippen LogP contribution in [-0.2, 0) is 0 Å². The number of rotatable bonds is 5. The molecular formula is C26H29N5O3. The minimum atomic E-state index is -0.159. The third kappa shape index (κ3) is 4.95. The molecule has 0 bridgehead atoms. The number of anilines is 1. The van der Waals surface area contributed by atoms with Gasteiger partial charge in [-0.3, -0.25) is 5.32 Å². The predicted octanol–water partition coefficient (Wildman–Crippen LogP) is 5.71. The molecule has 2 aromatic heterocycles. The Hall–Kier alpha value is -3.68. The van der Waals surface area contributed by atoms with Crippen LogP contribution in [-0.4, -0.2) is 39.1 Å². The lowest BCUT2D eigenvalue weighted by Gasteiger charge is -2.33. The number of piperidine rings is 1. The first-order valence-corrected chi connectivity index (χ1v) is 11.8. The van der Waals surface area contributed by atoms with E-state index < -0.39 is 0 Å². The van der Waals surface area contributed by atoms with Gasteiger partial charge in [-0.15, -0.1) is 0 Å². The highest BCUT2D eigenvalue weighted by Gasteiger charge is 2.26. The van der Waals surface area contributed by atoms with Crippen LogP contribution in [0.15, 0.2) is 46.8 Å². The summed E-state index contributed by atoms with van der Waals surface area (Å²) in [5.41, 5.74) is 5.18. The number of amides is 2. The fraction of sp³-hybridized carbons (Fsp3) is 0.385. The average Bonchev–Trinajstić information content (AvgIpc) is 3.64. The molecule has 0 spiro atoms. The number of carbonyl (C=O) groups is 1. The number of nitrogens with one attached hydrogen (secondary N) is 1. The molecule has 1 atom stereocenters. The van der Waals surface area contributed by atoms with E-state index in [-0.39, 0.29) is 11.9 Å². The van der Waals surface area contributed by atoms with Crippen molar-refractivity contribution in [2.75, 3.05) is 18.4 Å². The second-order valence-electron chi connectivity index (χ2n) is 9.22. The standard InChI is InChI=1S/C26H29N5O3/c1-16-15-31(26(32)29-24-17(2)18(3)30-34-24)10-9-21(16)11-19-5-4-6-23(12-19)33-25-27-13-22(14-28-25)20-7-8-20/h4-6,11-14,16,20H,7-10,15H2,1-3H3,(H,29,32)/b21-11+. The molecule has 1 saturated heterocycles. The predicted molar refractivity (Wildman–Crippen MR) is 129 cm³/mol. The summed E-state index contributed by atoms with van der Waals surface area (Å²) in [4.78, 5) is 23.2. The smallest absolute Gasteiger partial charge is 0.324 e. The molecule has 0 radical (unpaired) electrons. The van der Waals surface area contributed by atoms with Crippen molar-refractivity contribution in [3.63, 3.8) is 0 Å². The zero-order chi connectivity index (χ0) is 23.7. The van der Waals surface area contributed by atoms with Gasteiger partial charge in [-0.05, 0) is 68.2 Å². The van der Waals surface area contributed by atoms with Gasteiger partial charge in [-0.1, -0.05) is 35.9 Å². The number of nitrogens with zero attached hydrogens (tertiary/aromatic N) is 4. The van der Waals surface area contributed by atoms with Gasteiger partial charge in [0.25, 0.3) is 0 Å². The number of benzene rings is 1. The van der Waals surface area contributed by atoms with E-state index in [1.807, 2.05) is 49.3 Å². The van der Waals surface area contributed by atoms with Gasteiger partial charge in [-0.2, -0.15) is 0 Å². The van der Waals surface area contributed by atoms with Crippen LogP contribution >= 0.6 is 0 Å². The molecule has 3 aromatic rings. The summed E-state index contributed by atoms with van der Waals surface area (Å²) < 4.78 is 11.1. The average molecular weight is 460 g/mol. The summed E-state index contributed by atoms with van der Waals surface area (Å²) in [7, 11) is 0. The summed E-state index contributed by atoms with van der Waals surface area (Å²) in [5, 5.41) is 6.74. The number of aryl methyl sites for hydroxylation is 1. The highest BCUT2D eigenvalue weighted by molar-refractivity contribution is 5.88. The largest absolute Gasteiger partial charge is 0.424 e. The Morgan fingerprint density at radius 1 is 1.24 bits per heavy atom. The van der Waals surface area contributed by atoms with Crippen molar-refractivity contribution in [3.05, 3.63) is 64.6 Å². The van der Waals surface area contributed by atoms with E-state index in [0.717, 1.165) is 23.2 Å². The summed E-state index contributed by atoms with van der Waals surface area (Å²) in [6.45, 7) is 7.16. The van der Waals surface area contributed by atoms with Crippen LogP contribution in [0.2, 0.25) is 0 Å². The monoisotopic (exact) mass is 459 g/mol. The topological polar surface area (TPSA) is 93.4 Å². The summed E-state index contributed by atoms with van der Waals surface area (Å²) in [6.07, 6.45) is 9.17. The molecule has 34 heavy (non-hydrogen) atoms. The third-order valence-corrected chi connectivity index (χ3v) is 6.58. The molecule has 1 aromatic carbocycles. The van der Waals surface area contributed by atoms with Crippen LogP contribution in [0.1, 0.15) is 54.5 Å². The van der Waals surface area contributed by atoms with E-state index in [9.17, 15) is 4.79 Å². The highest BCUT2D eigenvalue weighted by Crippen LogP contribution is 2.39. The second-order valence-corrected chi connectivity index (χ2v) is 9.22. The molecule has 1 unspecified atom stereocenters. The van der Waals surface area contributed by atoms with E-state index in [2.05, 4.69) is 39.5 Å². The molecular weight excluding hydrogens is 430 g/mol. The molecule has 8 heteroatoms. The van der Waals surface area contributed by atoms with E-state index in [1.54, 1.807) is 0 Å². The molecule has 8 nitrogen and oxygen atoms in total. The van der Waals surface area contributed by atoms with E-state index in [1.165, 1.54) is 24.0 Å². The van der Waals surface area contributed by atoms with Gasteiger partial charge < -0.3 is 14.2 Å². The zero-order valence-corrected chi connectivity index (χ0v) is 19.7. The maximum absolute atomic E-state index is 12.7. The lowest BCUT2D eigenvalue weighted by molar-refractivity contribution is 0.197. The van der Waals surface area contributed by atoms with Crippen LogP contribution in [0.5, 0.6) is 11.8 Å². The van der Waals surface area contributed by atoms with Crippen molar-refractivity contribution in [2.24, 2.45) is 5.92 Å². The van der Waals surface area contributed by atoms with Crippen LogP contribution < -0.4 is 10.1 Å². The van der Waals surface area contributed by atoms with Gasteiger partial charge in [0.2, 0.25) is 5.88 Å². The van der Waals surface area contributed by atoms with Crippen LogP contribution in [0, 0.1) is 19.8 Å². The number of urea groups is 1.